The Morgan fingerprint density at radius 2 is 1.71 bits per heavy atom. The van der Waals surface area contributed by atoms with Crippen LogP contribution in [0.5, 0.6) is 0 Å². The van der Waals surface area contributed by atoms with Crippen molar-refractivity contribution in [3.05, 3.63) is 0 Å². The minimum absolute atomic E-state index is 0.0504. The Bertz CT molecular complexity index is 860. The van der Waals surface area contributed by atoms with Crippen LogP contribution in [0, 0.1) is 33.5 Å². The first kappa shape index (κ1) is 24.6. The van der Waals surface area contributed by atoms with Crippen molar-refractivity contribution in [3.63, 3.8) is 0 Å². The van der Waals surface area contributed by atoms with E-state index in [0.717, 1.165) is 44.9 Å². The molecule has 5 fully saturated rings. The van der Waals surface area contributed by atoms with Gasteiger partial charge in [0.1, 0.15) is 30.2 Å². The summed E-state index contributed by atoms with van der Waals surface area (Å²) in [5.41, 5.74) is -0.989. The molecule has 11 atom stereocenters. The van der Waals surface area contributed by atoms with Crippen molar-refractivity contribution in [1.82, 2.24) is 0 Å². The molecule has 8 heteroatoms. The van der Waals surface area contributed by atoms with Gasteiger partial charge in [-0.1, -0.05) is 20.3 Å². The van der Waals surface area contributed by atoms with E-state index in [0.29, 0.717) is 24.5 Å². The van der Waals surface area contributed by atoms with Crippen LogP contribution in [0.3, 0.4) is 0 Å². The lowest BCUT2D eigenvalue weighted by Gasteiger charge is -2.64. The van der Waals surface area contributed by atoms with E-state index in [2.05, 4.69) is 13.8 Å². The van der Waals surface area contributed by atoms with Gasteiger partial charge in [0.2, 0.25) is 6.29 Å². The maximum Gasteiger partial charge on any atom is 0.314 e. The summed E-state index contributed by atoms with van der Waals surface area (Å²) >= 11 is 0. The molecule has 2 bridgehead atoms. The summed E-state index contributed by atoms with van der Waals surface area (Å²) < 4.78 is 11.1. The molecule has 2 unspecified atom stereocenters. The number of fused-ring (bicyclic) bond motifs is 3. The molecule has 5 aliphatic rings. The van der Waals surface area contributed by atoms with E-state index in [9.17, 15) is 30.0 Å². The third kappa shape index (κ3) is 3.28. The van der Waals surface area contributed by atoms with E-state index in [1.54, 1.807) is 0 Å². The van der Waals surface area contributed by atoms with Crippen LogP contribution in [0.4, 0.5) is 0 Å². The molecule has 4 saturated carbocycles. The smallest absolute Gasteiger partial charge is 0.314 e. The molecule has 34 heavy (non-hydrogen) atoms. The maximum atomic E-state index is 13.7. The van der Waals surface area contributed by atoms with E-state index in [1.807, 2.05) is 6.92 Å². The zero-order valence-electron chi connectivity index (χ0n) is 20.5. The third-order valence-electron chi connectivity index (χ3n) is 10.9. The molecule has 1 heterocycles. The molecule has 4 aliphatic carbocycles. The van der Waals surface area contributed by atoms with Gasteiger partial charge < -0.3 is 29.9 Å². The first-order valence-corrected chi connectivity index (χ1v) is 13.0. The van der Waals surface area contributed by atoms with Gasteiger partial charge in [-0.3, -0.25) is 9.59 Å². The summed E-state index contributed by atoms with van der Waals surface area (Å²) in [5, 5.41) is 40.0. The number of ketones is 1. The summed E-state index contributed by atoms with van der Waals surface area (Å²) in [6.07, 6.45) is 0.706. The van der Waals surface area contributed by atoms with Crippen LogP contribution in [0.2, 0.25) is 0 Å². The van der Waals surface area contributed by atoms with Crippen LogP contribution in [0.25, 0.3) is 0 Å². The molecule has 8 nitrogen and oxygen atoms in total. The number of rotatable bonds is 3. The normalized spacial score (nSPS) is 54.8. The van der Waals surface area contributed by atoms with E-state index in [1.165, 1.54) is 0 Å². The predicted molar refractivity (Wildman–Crippen MR) is 120 cm³/mol. The first-order valence-electron chi connectivity index (χ1n) is 13.0. The molecule has 0 aromatic carbocycles. The monoisotopic (exact) mass is 480 g/mol. The molecular formula is C26H40O8. The number of aliphatic hydroxyl groups is 4. The lowest BCUT2D eigenvalue weighted by Crippen LogP contribution is -2.62. The highest BCUT2D eigenvalue weighted by Gasteiger charge is 2.68. The van der Waals surface area contributed by atoms with Crippen LogP contribution in [-0.2, 0) is 19.1 Å². The maximum absolute atomic E-state index is 13.7. The van der Waals surface area contributed by atoms with Gasteiger partial charge in [-0.15, -0.1) is 0 Å². The second-order valence-corrected chi connectivity index (χ2v) is 12.8. The van der Waals surface area contributed by atoms with Crippen molar-refractivity contribution in [2.75, 3.05) is 6.61 Å². The molecular weight excluding hydrogens is 440 g/mol. The fraction of sp³-hybridized carbons (Fsp3) is 0.923. The Kier molecular flexibility index (Phi) is 5.77. The van der Waals surface area contributed by atoms with Gasteiger partial charge in [-0.25, -0.2) is 0 Å². The predicted octanol–water partition coefficient (Wildman–Crippen LogP) is 1.70. The molecule has 1 spiro atoms. The quantitative estimate of drug-likeness (QED) is 0.449. The Labute approximate surface area is 201 Å². The van der Waals surface area contributed by atoms with E-state index < -0.39 is 48.7 Å². The number of aliphatic hydroxyl groups excluding tert-OH is 4. The van der Waals surface area contributed by atoms with Gasteiger partial charge in [-0.05, 0) is 74.5 Å². The van der Waals surface area contributed by atoms with Crippen molar-refractivity contribution in [1.29, 1.82) is 0 Å². The zero-order chi connectivity index (χ0) is 24.7. The van der Waals surface area contributed by atoms with Crippen LogP contribution in [0.1, 0.15) is 78.6 Å². The average molecular weight is 481 g/mol. The van der Waals surface area contributed by atoms with Crippen LogP contribution >= 0.6 is 0 Å². The molecule has 5 rings (SSSR count). The van der Waals surface area contributed by atoms with Crippen molar-refractivity contribution in [2.45, 2.75) is 109 Å². The van der Waals surface area contributed by atoms with Gasteiger partial charge in [-0.2, -0.15) is 0 Å². The van der Waals surface area contributed by atoms with Gasteiger partial charge >= 0.3 is 5.97 Å². The molecule has 4 N–H and O–H groups in total. The van der Waals surface area contributed by atoms with Crippen molar-refractivity contribution < 1.29 is 39.5 Å². The number of ether oxygens (including phenoxy) is 2. The number of hydrogen-bond acceptors (Lipinski definition) is 8. The number of Topliss-reactive ketones (excluding diaryl/α,β-unsaturated/α-hetero) is 1. The largest absolute Gasteiger partial charge is 0.432 e. The summed E-state index contributed by atoms with van der Waals surface area (Å²) in [6, 6.07) is 0. The topological polar surface area (TPSA) is 134 Å². The Morgan fingerprint density at radius 1 is 1.00 bits per heavy atom. The standard InChI is InChI=1S/C26H40O8/c1-23-9-5-16-24(2)7-4-8-25(3,15(24)6-10-26(16,13-23)11-17(23)28)22(32)34-21-20(31)19(30)18(29)14(12-27)33-21/h14-16,18-21,27,29-31H,4-13H2,1-3H3/t14-,15?,16?,18-,19+,20-,21+,23+,24-,25-,26-/m1/s1. The molecule has 1 saturated heterocycles. The Hall–Kier alpha value is -1.06. The van der Waals surface area contributed by atoms with Crippen molar-refractivity contribution >= 4 is 11.8 Å². The van der Waals surface area contributed by atoms with E-state index in [-0.39, 0.29) is 22.2 Å². The zero-order valence-corrected chi connectivity index (χ0v) is 20.5. The second-order valence-electron chi connectivity index (χ2n) is 12.8. The Balaban J connectivity index is 1.39. The van der Waals surface area contributed by atoms with Crippen LogP contribution in [-0.4, -0.2) is 69.5 Å². The minimum atomic E-state index is -1.60. The molecule has 0 aromatic rings. The van der Waals surface area contributed by atoms with Crippen molar-refractivity contribution in [3.8, 4) is 0 Å². The van der Waals surface area contributed by atoms with Crippen molar-refractivity contribution in [2.24, 2.45) is 33.5 Å². The lowest BCUT2D eigenvalue weighted by molar-refractivity contribution is -0.298. The number of esters is 1. The summed E-state index contributed by atoms with van der Waals surface area (Å²) in [6.45, 7) is 5.83. The molecule has 0 amide bonds. The average Bonchev–Trinajstić information content (AvgIpc) is 2.96. The number of carbonyl (C=O) groups excluding carboxylic acids is 2. The van der Waals surface area contributed by atoms with Gasteiger partial charge in [0.15, 0.2) is 0 Å². The summed E-state index contributed by atoms with van der Waals surface area (Å²) in [5.74, 6) is 0.435. The van der Waals surface area contributed by atoms with Crippen LogP contribution < -0.4 is 0 Å². The molecule has 0 radical (unpaired) electrons. The Morgan fingerprint density at radius 3 is 2.41 bits per heavy atom. The minimum Gasteiger partial charge on any atom is -0.432 e. The fourth-order valence-corrected chi connectivity index (χ4v) is 9.15. The number of hydrogen-bond donors (Lipinski definition) is 4. The molecule has 1 aliphatic heterocycles. The van der Waals surface area contributed by atoms with Crippen LogP contribution in [0.15, 0.2) is 0 Å². The van der Waals surface area contributed by atoms with Gasteiger partial charge in [0.25, 0.3) is 0 Å². The highest BCUT2D eigenvalue weighted by Crippen LogP contribution is 2.73. The van der Waals surface area contributed by atoms with Gasteiger partial charge in [0.05, 0.1) is 12.0 Å². The highest BCUT2D eigenvalue weighted by atomic mass is 16.7. The number of carbonyl (C=O) groups is 2. The summed E-state index contributed by atoms with van der Waals surface area (Å²) in [4.78, 5) is 26.6. The lowest BCUT2D eigenvalue weighted by atomic mass is 9.40. The molecule has 0 aromatic heterocycles. The van der Waals surface area contributed by atoms with Gasteiger partial charge in [0, 0.05) is 11.8 Å². The van der Waals surface area contributed by atoms with E-state index in [4.69, 9.17) is 9.47 Å². The first-order chi connectivity index (χ1) is 15.9. The third-order valence-corrected chi connectivity index (χ3v) is 10.9. The highest BCUT2D eigenvalue weighted by molar-refractivity contribution is 5.88. The second kappa shape index (κ2) is 7.97. The molecule has 192 valence electrons. The fourth-order valence-electron chi connectivity index (χ4n) is 9.15. The van der Waals surface area contributed by atoms with E-state index >= 15 is 0 Å². The summed E-state index contributed by atoms with van der Waals surface area (Å²) in [7, 11) is 0. The SMILES string of the molecule is C[C@@]12CCC3[C@](CCC4[C@@]3(C)CCC[C@@]4(C)C(=O)O[C@@H]3O[C@H](CO)[C@@H](O)[C@H](O)[C@H]3O)(CC1=O)C2.